The minimum absolute atomic E-state index is 0.0477. The van der Waals surface area contributed by atoms with Crippen LogP contribution in [0, 0.1) is 12.8 Å². The van der Waals surface area contributed by atoms with Crippen molar-refractivity contribution in [1.29, 1.82) is 0 Å². The van der Waals surface area contributed by atoms with E-state index in [0.29, 0.717) is 25.4 Å². The van der Waals surface area contributed by atoms with Crippen molar-refractivity contribution in [2.75, 3.05) is 13.1 Å². The molecule has 3 N–H and O–H groups in total. The first-order valence-electron chi connectivity index (χ1n) is 5.74. The van der Waals surface area contributed by atoms with E-state index in [-0.39, 0.29) is 5.91 Å². The van der Waals surface area contributed by atoms with Crippen LogP contribution >= 0.6 is 15.9 Å². The number of rotatable bonds is 5. The lowest BCUT2D eigenvalue weighted by molar-refractivity contribution is -0.120. The molecule has 17 heavy (non-hydrogen) atoms. The molecule has 94 valence electrons. The molecule has 1 aromatic carbocycles. The quantitative estimate of drug-likeness (QED) is 0.874. The molecular weight excluding hydrogens is 280 g/mol. The van der Waals surface area contributed by atoms with Gasteiger partial charge in [0.1, 0.15) is 0 Å². The van der Waals surface area contributed by atoms with E-state index in [1.807, 2.05) is 32.0 Å². The van der Waals surface area contributed by atoms with Gasteiger partial charge in [0.25, 0.3) is 0 Å². The van der Waals surface area contributed by atoms with Gasteiger partial charge < -0.3 is 11.1 Å². The molecule has 0 aliphatic carbocycles. The van der Waals surface area contributed by atoms with Crippen LogP contribution in [0.2, 0.25) is 0 Å². The molecule has 0 heterocycles. The van der Waals surface area contributed by atoms with Crippen LogP contribution in [0.3, 0.4) is 0 Å². The van der Waals surface area contributed by atoms with Crippen LogP contribution in [0.1, 0.15) is 18.1 Å². The number of aryl methyl sites for hydroxylation is 1. The summed E-state index contributed by atoms with van der Waals surface area (Å²) in [6.45, 7) is 5.26. The Morgan fingerprint density at radius 3 is 2.88 bits per heavy atom. The van der Waals surface area contributed by atoms with Gasteiger partial charge >= 0.3 is 0 Å². The van der Waals surface area contributed by atoms with Crippen LogP contribution in [-0.2, 0) is 11.2 Å². The standard InChI is InChI=1S/C13H19BrN2O/c1-9(7-15)8-16-13(17)6-11-5-12(14)4-3-10(11)2/h3-5,9H,6-8,15H2,1-2H3,(H,16,17). The van der Waals surface area contributed by atoms with Crippen LogP contribution in [0.4, 0.5) is 0 Å². The number of amides is 1. The second-order valence-electron chi connectivity index (χ2n) is 4.39. The van der Waals surface area contributed by atoms with Gasteiger partial charge in [0, 0.05) is 11.0 Å². The number of carbonyl (C=O) groups excluding carboxylic acids is 1. The van der Waals surface area contributed by atoms with E-state index in [1.54, 1.807) is 0 Å². The zero-order valence-corrected chi connectivity index (χ0v) is 11.9. The highest BCUT2D eigenvalue weighted by Gasteiger charge is 2.07. The second-order valence-corrected chi connectivity index (χ2v) is 5.31. The molecule has 0 bridgehead atoms. The summed E-state index contributed by atoms with van der Waals surface area (Å²) in [4.78, 5) is 11.7. The van der Waals surface area contributed by atoms with Crippen molar-refractivity contribution in [2.24, 2.45) is 11.7 Å². The fourth-order valence-corrected chi connectivity index (χ4v) is 1.85. The topological polar surface area (TPSA) is 55.1 Å². The Hall–Kier alpha value is -0.870. The Bertz CT molecular complexity index is 393. The zero-order chi connectivity index (χ0) is 12.8. The van der Waals surface area contributed by atoms with Crippen molar-refractivity contribution >= 4 is 21.8 Å². The molecule has 1 aromatic rings. The van der Waals surface area contributed by atoms with E-state index in [1.165, 1.54) is 0 Å². The average molecular weight is 299 g/mol. The van der Waals surface area contributed by atoms with E-state index in [2.05, 4.69) is 21.2 Å². The van der Waals surface area contributed by atoms with Crippen molar-refractivity contribution < 1.29 is 4.79 Å². The van der Waals surface area contributed by atoms with Crippen molar-refractivity contribution in [1.82, 2.24) is 5.32 Å². The Balaban J connectivity index is 2.53. The number of hydrogen-bond acceptors (Lipinski definition) is 2. The van der Waals surface area contributed by atoms with E-state index in [0.717, 1.165) is 15.6 Å². The second kappa shape index (κ2) is 6.77. The minimum Gasteiger partial charge on any atom is -0.355 e. The van der Waals surface area contributed by atoms with Gasteiger partial charge in [-0.1, -0.05) is 28.9 Å². The molecule has 0 aliphatic heterocycles. The first-order chi connectivity index (χ1) is 8.02. The van der Waals surface area contributed by atoms with Crippen LogP contribution in [0.25, 0.3) is 0 Å². The smallest absolute Gasteiger partial charge is 0.224 e. The Morgan fingerprint density at radius 1 is 1.53 bits per heavy atom. The Kier molecular flexibility index (Phi) is 5.65. The van der Waals surface area contributed by atoms with Gasteiger partial charge in [-0.15, -0.1) is 0 Å². The Labute approximate surface area is 111 Å². The van der Waals surface area contributed by atoms with Crippen LogP contribution < -0.4 is 11.1 Å². The number of nitrogens with two attached hydrogens (primary N) is 1. The van der Waals surface area contributed by atoms with Gasteiger partial charge in [0.15, 0.2) is 0 Å². The lowest BCUT2D eigenvalue weighted by Crippen LogP contribution is -2.32. The van der Waals surface area contributed by atoms with Crippen molar-refractivity contribution in [3.8, 4) is 0 Å². The summed E-state index contributed by atoms with van der Waals surface area (Å²) in [5.74, 6) is 0.369. The van der Waals surface area contributed by atoms with E-state index < -0.39 is 0 Å². The van der Waals surface area contributed by atoms with E-state index in [4.69, 9.17) is 5.73 Å². The SMILES string of the molecule is Cc1ccc(Br)cc1CC(=O)NCC(C)CN. The Morgan fingerprint density at radius 2 is 2.24 bits per heavy atom. The van der Waals surface area contributed by atoms with Gasteiger partial charge in [-0.05, 0) is 42.6 Å². The number of benzene rings is 1. The van der Waals surface area contributed by atoms with Crippen molar-refractivity contribution in [3.05, 3.63) is 33.8 Å². The molecule has 0 aliphatic rings. The maximum Gasteiger partial charge on any atom is 0.224 e. The van der Waals surface area contributed by atoms with Gasteiger partial charge in [0.05, 0.1) is 6.42 Å². The molecule has 1 unspecified atom stereocenters. The summed E-state index contributed by atoms with van der Waals surface area (Å²) in [5, 5.41) is 2.89. The lowest BCUT2D eigenvalue weighted by atomic mass is 10.1. The van der Waals surface area contributed by atoms with Gasteiger partial charge in [-0.2, -0.15) is 0 Å². The number of nitrogens with one attached hydrogen (secondary N) is 1. The van der Waals surface area contributed by atoms with Crippen molar-refractivity contribution in [2.45, 2.75) is 20.3 Å². The molecular formula is C13H19BrN2O. The summed E-state index contributed by atoms with van der Waals surface area (Å²) in [6.07, 6.45) is 0.419. The highest BCUT2D eigenvalue weighted by molar-refractivity contribution is 9.10. The third-order valence-corrected chi connectivity index (χ3v) is 3.21. The lowest BCUT2D eigenvalue weighted by Gasteiger charge is -2.11. The maximum atomic E-state index is 11.7. The van der Waals surface area contributed by atoms with Crippen LogP contribution in [0.15, 0.2) is 22.7 Å². The maximum absolute atomic E-state index is 11.7. The molecule has 0 saturated carbocycles. The third kappa shape index (κ3) is 4.88. The van der Waals surface area contributed by atoms with E-state index >= 15 is 0 Å². The van der Waals surface area contributed by atoms with Gasteiger partial charge in [0.2, 0.25) is 5.91 Å². The fraction of sp³-hybridized carbons (Fsp3) is 0.462. The molecule has 3 nitrogen and oxygen atoms in total. The molecule has 0 fully saturated rings. The number of carbonyl (C=O) groups is 1. The number of halogens is 1. The van der Waals surface area contributed by atoms with Crippen molar-refractivity contribution in [3.63, 3.8) is 0 Å². The van der Waals surface area contributed by atoms with Crippen LogP contribution in [0.5, 0.6) is 0 Å². The summed E-state index contributed by atoms with van der Waals surface area (Å²) in [6, 6.07) is 5.98. The first-order valence-corrected chi connectivity index (χ1v) is 6.54. The molecule has 1 amide bonds. The molecule has 0 spiro atoms. The van der Waals surface area contributed by atoms with Crippen LogP contribution in [-0.4, -0.2) is 19.0 Å². The normalized spacial score (nSPS) is 12.2. The molecule has 1 atom stereocenters. The average Bonchev–Trinajstić information content (AvgIpc) is 2.30. The number of hydrogen-bond donors (Lipinski definition) is 2. The fourth-order valence-electron chi connectivity index (χ4n) is 1.44. The highest BCUT2D eigenvalue weighted by Crippen LogP contribution is 2.16. The summed E-state index contributed by atoms with van der Waals surface area (Å²) >= 11 is 3.41. The van der Waals surface area contributed by atoms with Gasteiger partial charge in [-0.3, -0.25) is 4.79 Å². The van der Waals surface area contributed by atoms with E-state index in [9.17, 15) is 4.79 Å². The predicted octanol–water partition coefficient (Wildman–Crippen LogP) is 2.01. The summed E-state index contributed by atoms with van der Waals surface area (Å²) < 4.78 is 1.00. The largest absolute Gasteiger partial charge is 0.355 e. The summed E-state index contributed by atoms with van der Waals surface area (Å²) in [7, 11) is 0. The molecule has 4 heteroatoms. The highest BCUT2D eigenvalue weighted by atomic mass is 79.9. The first kappa shape index (κ1) is 14.2. The van der Waals surface area contributed by atoms with Gasteiger partial charge in [-0.25, -0.2) is 0 Å². The monoisotopic (exact) mass is 298 g/mol. The molecule has 0 aromatic heterocycles. The molecule has 0 radical (unpaired) electrons. The minimum atomic E-state index is 0.0477. The third-order valence-electron chi connectivity index (χ3n) is 2.71. The predicted molar refractivity (Wildman–Crippen MR) is 73.8 cm³/mol. The zero-order valence-electron chi connectivity index (χ0n) is 10.3. The summed E-state index contributed by atoms with van der Waals surface area (Å²) in [5.41, 5.74) is 7.68. The molecule has 0 saturated heterocycles. The molecule has 1 rings (SSSR count).